The SMILES string of the molecule is COc1cccc(CCc2cc(O)c(-c3c(O)cc([C@H]4OO[C@@H]4c4cccc(OC)c4)cc3OC)c(OC)c2)c1. The minimum Gasteiger partial charge on any atom is -0.507 e. The van der Waals surface area contributed by atoms with Crippen molar-refractivity contribution in [1.82, 2.24) is 0 Å². The largest absolute Gasteiger partial charge is 0.507 e. The summed E-state index contributed by atoms with van der Waals surface area (Å²) in [6, 6.07) is 22.3. The van der Waals surface area contributed by atoms with Crippen molar-refractivity contribution in [1.29, 1.82) is 0 Å². The van der Waals surface area contributed by atoms with Gasteiger partial charge in [0.2, 0.25) is 0 Å². The van der Waals surface area contributed by atoms with Crippen molar-refractivity contribution in [3.8, 4) is 45.6 Å². The standard InChI is InChI=1S/C32H32O8/c1-35-23-9-5-7-19(13-23)11-12-20-14-25(33)29(27(15-20)37-3)30-26(34)17-22(18-28(30)38-4)32-31(39-40-32)21-8-6-10-24(16-21)36-2/h5-10,13-18,31-34H,11-12H2,1-4H3/t31-,32-/m1/s1. The third-order valence-electron chi connectivity index (χ3n) is 7.06. The first kappa shape index (κ1) is 27.2. The predicted molar refractivity (Wildman–Crippen MR) is 149 cm³/mol. The van der Waals surface area contributed by atoms with Crippen LogP contribution in [0.1, 0.15) is 34.5 Å². The van der Waals surface area contributed by atoms with Crippen LogP contribution in [0.25, 0.3) is 11.1 Å². The number of phenols is 2. The lowest BCUT2D eigenvalue weighted by Gasteiger charge is -2.35. The maximum absolute atomic E-state index is 11.2. The molecule has 4 aromatic carbocycles. The Morgan fingerprint density at radius 2 is 1.15 bits per heavy atom. The molecule has 0 spiro atoms. The predicted octanol–water partition coefficient (Wildman–Crippen LogP) is 6.33. The van der Waals surface area contributed by atoms with Gasteiger partial charge in [-0.15, -0.1) is 0 Å². The molecule has 0 radical (unpaired) electrons. The molecule has 0 aromatic heterocycles. The van der Waals surface area contributed by atoms with E-state index in [4.69, 9.17) is 28.7 Å². The number of benzene rings is 4. The number of phenolic OH excluding ortho intramolecular Hbond substituents is 2. The molecule has 8 heteroatoms. The van der Waals surface area contributed by atoms with E-state index in [0.717, 1.165) is 28.9 Å². The van der Waals surface area contributed by atoms with Gasteiger partial charge in [0.1, 0.15) is 34.5 Å². The maximum atomic E-state index is 11.2. The number of hydrogen-bond acceptors (Lipinski definition) is 8. The summed E-state index contributed by atoms with van der Waals surface area (Å²) in [5.41, 5.74) is 4.19. The van der Waals surface area contributed by atoms with Crippen molar-refractivity contribution in [3.05, 3.63) is 95.1 Å². The van der Waals surface area contributed by atoms with Crippen LogP contribution in [0.15, 0.2) is 72.8 Å². The first-order valence-electron chi connectivity index (χ1n) is 12.9. The Hall–Kier alpha value is -4.40. The Morgan fingerprint density at radius 3 is 1.80 bits per heavy atom. The van der Waals surface area contributed by atoms with Crippen molar-refractivity contribution < 1.29 is 38.9 Å². The molecule has 1 aliphatic heterocycles. The summed E-state index contributed by atoms with van der Waals surface area (Å²) < 4.78 is 22.0. The van der Waals surface area contributed by atoms with Crippen LogP contribution in [0.3, 0.4) is 0 Å². The zero-order valence-corrected chi connectivity index (χ0v) is 22.8. The van der Waals surface area contributed by atoms with Crippen LogP contribution in [-0.2, 0) is 22.6 Å². The molecule has 0 aliphatic carbocycles. The lowest BCUT2D eigenvalue weighted by molar-refractivity contribution is -0.475. The Kier molecular flexibility index (Phi) is 8.00. The molecule has 1 aliphatic rings. The molecule has 0 unspecified atom stereocenters. The lowest BCUT2D eigenvalue weighted by atomic mass is 9.92. The monoisotopic (exact) mass is 544 g/mol. The quantitative estimate of drug-likeness (QED) is 0.224. The minimum atomic E-state index is -0.476. The zero-order chi connectivity index (χ0) is 28.2. The summed E-state index contributed by atoms with van der Waals surface area (Å²) in [6.07, 6.45) is 0.553. The van der Waals surface area contributed by atoms with E-state index in [-0.39, 0.29) is 11.5 Å². The Labute approximate surface area is 233 Å². The van der Waals surface area contributed by atoms with Crippen LogP contribution in [0.2, 0.25) is 0 Å². The smallest absolute Gasteiger partial charge is 0.152 e. The van der Waals surface area contributed by atoms with Gasteiger partial charge in [0.15, 0.2) is 12.2 Å². The summed E-state index contributed by atoms with van der Waals surface area (Å²) in [4.78, 5) is 10.8. The van der Waals surface area contributed by atoms with E-state index in [1.54, 1.807) is 32.4 Å². The highest BCUT2D eigenvalue weighted by Crippen LogP contribution is 2.52. The second-order valence-corrected chi connectivity index (χ2v) is 9.47. The van der Waals surface area contributed by atoms with E-state index in [9.17, 15) is 10.2 Å². The Bertz CT molecular complexity index is 1500. The fraction of sp³-hybridized carbons (Fsp3) is 0.250. The number of aryl methyl sites for hydroxylation is 2. The van der Waals surface area contributed by atoms with E-state index in [1.807, 2.05) is 54.6 Å². The third kappa shape index (κ3) is 5.36. The number of aromatic hydroxyl groups is 2. The molecule has 1 heterocycles. The fourth-order valence-electron chi connectivity index (χ4n) is 4.97. The molecule has 40 heavy (non-hydrogen) atoms. The van der Waals surface area contributed by atoms with Crippen molar-refractivity contribution >= 4 is 0 Å². The van der Waals surface area contributed by atoms with Crippen molar-refractivity contribution in [2.75, 3.05) is 28.4 Å². The Morgan fingerprint density at radius 1 is 0.575 bits per heavy atom. The van der Waals surface area contributed by atoms with Crippen LogP contribution >= 0.6 is 0 Å². The topological polar surface area (TPSA) is 95.8 Å². The van der Waals surface area contributed by atoms with Gasteiger partial charge >= 0.3 is 0 Å². The molecule has 8 nitrogen and oxygen atoms in total. The minimum absolute atomic E-state index is 0.0289. The number of methoxy groups -OCH3 is 4. The van der Waals surface area contributed by atoms with E-state index >= 15 is 0 Å². The van der Waals surface area contributed by atoms with Crippen molar-refractivity contribution in [3.63, 3.8) is 0 Å². The third-order valence-corrected chi connectivity index (χ3v) is 7.06. The summed E-state index contributed by atoms with van der Waals surface area (Å²) >= 11 is 0. The Balaban J connectivity index is 1.44. The molecule has 0 saturated carbocycles. The van der Waals surface area contributed by atoms with Gasteiger partial charge in [0, 0.05) is 0 Å². The van der Waals surface area contributed by atoms with Gasteiger partial charge in [-0.05, 0) is 83.6 Å². The van der Waals surface area contributed by atoms with Crippen LogP contribution in [0, 0.1) is 0 Å². The number of ether oxygens (including phenoxy) is 4. The van der Waals surface area contributed by atoms with Gasteiger partial charge in [-0.3, -0.25) is 0 Å². The fourth-order valence-corrected chi connectivity index (χ4v) is 4.97. The van der Waals surface area contributed by atoms with Gasteiger partial charge in [0.25, 0.3) is 0 Å². The molecule has 4 aromatic rings. The summed E-state index contributed by atoms with van der Waals surface area (Å²) in [5, 5.41) is 22.3. The number of rotatable bonds is 10. The first-order chi connectivity index (χ1) is 19.4. The average molecular weight is 545 g/mol. The molecular weight excluding hydrogens is 512 g/mol. The molecule has 0 bridgehead atoms. The van der Waals surface area contributed by atoms with E-state index in [0.29, 0.717) is 40.4 Å². The summed E-state index contributed by atoms with van der Waals surface area (Å²) in [7, 11) is 6.28. The van der Waals surface area contributed by atoms with Gasteiger partial charge in [-0.25, -0.2) is 9.78 Å². The molecule has 2 atom stereocenters. The molecule has 5 rings (SSSR count). The summed E-state index contributed by atoms with van der Waals surface area (Å²) in [5.74, 6) is 2.16. The maximum Gasteiger partial charge on any atom is 0.152 e. The van der Waals surface area contributed by atoms with E-state index < -0.39 is 12.2 Å². The molecular formula is C32H32O8. The molecule has 1 saturated heterocycles. The van der Waals surface area contributed by atoms with Crippen molar-refractivity contribution in [2.24, 2.45) is 0 Å². The molecule has 2 N–H and O–H groups in total. The molecule has 208 valence electrons. The second kappa shape index (κ2) is 11.8. The lowest BCUT2D eigenvalue weighted by Crippen LogP contribution is -2.28. The highest BCUT2D eigenvalue weighted by atomic mass is 17.2. The second-order valence-electron chi connectivity index (χ2n) is 9.47. The first-order valence-corrected chi connectivity index (χ1v) is 12.9. The van der Waals surface area contributed by atoms with Gasteiger partial charge in [0.05, 0.1) is 39.6 Å². The highest BCUT2D eigenvalue weighted by molar-refractivity contribution is 5.86. The molecule has 0 amide bonds. The van der Waals surface area contributed by atoms with Crippen molar-refractivity contribution in [2.45, 2.75) is 25.0 Å². The number of hydrogen-bond donors (Lipinski definition) is 2. The van der Waals surface area contributed by atoms with E-state index in [1.165, 1.54) is 14.2 Å². The van der Waals surface area contributed by atoms with Crippen LogP contribution < -0.4 is 18.9 Å². The van der Waals surface area contributed by atoms with E-state index in [2.05, 4.69) is 0 Å². The summed E-state index contributed by atoms with van der Waals surface area (Å²) in [6.45, 7) is 0. The normalized spacial score (nSPS) is 16.2. The zero-order valence-electron chi connectivity index (χ0n) is 22.8. The van der Waals surface area contributed by atoms with Gasteiger partial charge < -0.3 is 29.2 Å². The van der Waals surface area contributed by atoms with Crippen LogP contribution in [0.5, 0.6) is 34.5 Å². The highest BCUT2D eigenvalue weighted by Gasteiger charge is 2.39. The van der Waals surface area contributed by atoms with Gasteiger partial charge in [-0.2, -0.15) is 0 Å². The van der Waals surface area contributed by atoms with Crippen LogP contribution in [-0.4, -0.2) is 38.7 Å². The van der Waals surface area contributed by atoms with Gasteiger partial charge in [-0.1, -0.05) is 24.3 Å². The molecule has 1 fully saturated rings. The average Bonchev–Trinajstić information content (AvgIpc) is 2.95. The van der Waals surface area contributed by atoms with Crippen LogP contribution in [0.4, 0.5) is 0 Å².